The summed E-state index contributed by atoms with van der Waals surface area (Å²) in [5, 5.41) is 7.03. The summed E-state index contributed by atoms with van der Waals surface area (Å²) in [4.78, 5) is 15.7. The van der Waals surface area contributed by atoms with E-state index in [-0.39, 0.29) is 18.0 Å². The molecule has 0 N–H and O–H groups in total. The van der Waals surface area contributed by atoms with Crippen molar-refractivity contribution >= 4 is 23.2 Å². The second-order valence-corrected chi connectivity index (χ2v) is 8.64. The van der Waals surface area contributed by atoms with Crippen molar-refractivity contribution in [1.82, 2.24) is 14.5 Å². The Bertz CT molecular complexity index is 1090. The van der Waals surface area contributed by atoms with E-state index >= 15 is 0 Å². The van der Waals surface area contributed by atoms with Gasteiger partial charge in [-0.05, 0) is 61.3 Å². The first-order valence-electron chi connectivity index (χ1n) is 10.6. The van der Waals surface area contributed by atoms with E-state index in [2.05, 4.69) is 34.8 Å². The van der Waals surface area contributed by atoms with Crippen LogP contribution in [-0.4, -0.2) is 39.2 Å². The molecular formula is C24H25ClN4O2. The number of halogens is 1. The van der Waals surface area contributed by atoms with E-state index in [4.69, 9.17) is 21.1 Å². The minimum absolute atomic E-state index is 0.00790. The van der Waals surface area contributed by atoms with Gasteiger partial charge in [-0.2, -0.15) is 5.10 Å². The summed E-state index contributed by atoms with van der Waals surface area (Å²) in [6, 6.07) is 15.6. The van der Waals surface area contributed by atoms with Crippen LogP contribution in [0.2, 0.25) is 5.02 Å². The number of aromatic nitrogens is 1. The van der Waals surface area contributed by atoms with E-state index < -0.39 is 0 Å². The standard InChI is InChI=1S/C24H25ClN4O2/c1-27-12-2-5-20(27)21-6-3-13-28(21)16-24(30)29-22(23-7-4-14-31-23)15-19(26-29)17-8-10-18(25)11-9-17/h2,4-5,7-12,14,21-22H,3,6,13,15-16H2,1H3/t21-,22-/m1/s1. The predicted molar refractivity (Wildman–Crippen MR) is 120 cm³/mol. The maximum Gasteiger partial charge on any atom is 0.257 e. The van der Waals surface area contributed by atoms with Gasteiger partial charge >= 0.3 is 0 Å². The molecule has 1 saturated heterocycles. The molecule has 2 aromatic heterocycles. The number of amides is 1. The van der Waals surface area contributed by atoms with Gasteiger partial charge in [-0.1, -0.05) is 23.7 Å². The summed E-state index contributed by atoms with van der Waals surface area (Å²) in [6.07, 6.45) is 6.46. The van der Waals surface area contributed by atoms with Gasteiger partial charge in [-0.3, -0.25) is 9.69 Å². The molecule has 0 spiro atoms. The highest BCUT2D eigenvalue weighted by molar-refractivity contribution is 6.30. The highest BCUT2D eigenvalue weighted by Gasteiger charge is 2.37. The summed E-state index contributed by atoms with van der Waals surface area (Å²) in [6.45, 7) is 1.25. The zero-order valence-corrected chi connectivity index (χ0v) is 18.2. The van der Waals surface area contributed by atoms with Crippen LogP contribution >= 0.6 is 11.6 Å². The first kappa shape index (κ1) is 20.1. The number of hydrazone groups is 1. The minimum atomic E-state index is -0.232. The largest absolute Gasteiger partial charge is 0.467 e. The van der Waals surface area contributed by atoms with E-state index in [0.29, 0.717) is 18.0 Å². The van der Waals surface area contributed by atoms with Gasteiger partial charge in [-0.15, -0.1) is 0 Å². The molecule has 2 aliphatic rings. The van der Waals surface area contributed by atoms with Crippen LogP contribution in [0.15, 0.2) is 70.5 Å². The highest BCUT2D eigenvalue weighted by atomic mass is 35.5. The third kappa shape index (κ3) is 3.93. The van der Waals surface area contributed by atoms with Crippen molar-refractivity contribution in [2.45, 2.75) is 31.3 Å². The molecule has 0 saturated carbocycles. The Morgan fingerprint density at radius 3 is 2.71 bits per heavy atom. The molecule has 1 amide bonds. The predicted octanol–water partition coefficient (Wildman–Crippen LogP) is 4.79. The third-order valence-electron chi connectivity index (χ3n) is 6.24. The lowest BCUT2D eigenvalue weighted by Gasteiger charge is -2.27. The van der Waals surface area contributed by atoms with E-state index in [1.807, 2.05) is 36.4 Å². The number of hydrogen-bond acceptors (Lipinski definition) is 4. The number of nitrogens with zero attached hydrogens (tertiary/aromatic N) is 4. The Kier molecular flexibility index (Phi) is 5.42. The van der Waals surface area contributed by atoms with Gasteiger partial charge in [0.25, 0.3) is 5.91 Å². The third-order valence-corrected chi connectivity index (χ3v) is 6.49. The number of aryl methyl sites for hydroxylation is 1. The van der Waals surface area contributed by atoms with Crippen molar-refractivity contribution in [3.8, 4) is 0 Å². The molecule has 31 heavy (non-hydrogen) atoms. The Morgan fingerprint density at radius 1 is 1.16 bits per heavy atom. The molecule has 4 heterocycles. The van der Waals surface area contributed by atoms with Gasteiger partial charge in [-0.25, -0.2) is 5.01 Å². The second-order valence-electron chi connectivity index (χ2n) is 8.20. The molecular weight excluding hydrogens is 412 g/mol. The zero-order valence-electron chi connectivity index (χ0n) is 17.4. The van der Waals surface area contributed by atoms with Gasteiger partial charge in [0.05, 0.1) is 24.6 Å². The number of furan rings is 1. The summed E-state index contributed by atoms with van der Waals surface area (Å²) in [7, 11) is 2.06. The van der Waals surface area contributed by atoms with Crippen LogP contribution in [0, 0.1) is 0 Å². The molecule has 0 aliphatic carbocycles. The van der Waals surface area contributed by atoms with E-state index in [1.54, 1.807) is 11.3 Å². The Labute approximate surface area is 186 Å². The van der Waals surface area contributed by atoms with Crippen LogP contribution < -0.4 is 0 Å². The average molecular weight is 437 g/mol. The molecule has 2 aliphatic heterocycles. The van der Waals surface area contributed by atoms with Crippen LogP contribution in [0.4, 0.5) is 0 Å². The SMILES string of the molecule is Cn1cccc1[C@H]1CCCN1CC(=O)N1N=C(c2ccc(Cl)cc2)C[C@@H]1c1ccco1. The van der Waals surface area contributed by atoms with Gasteiger partial charge in [0.2, 0.25) is 0 Å². The molecule has 0 bridgehead atoms. The molecule has 3 aromatic rings. The van der Waals surface area contributed by atoms with Crippen LogP contribution in [0.1, 0.15) is 48.4 Å². The molecule has 6 nitrogen and oxygen atoms in total. The van der Waals surface area contributed by atoms with Crippen molar-refractivity contribution < 1.29 is 9.21 Å². The fourth-order valence-corrected chi connectivity index (χ4v) is 4.80. The fraction of sp³-hybridized carbons (Fsp3) is 0.333. The maximum atomic E-state index is 13.4. The molecule has 1 aromatic carbocycles. The maximum absolute atomic E-state index is 13.4. The van der Waals surface area contributed by atoms with Gasteiger partial charge in [0, 0.05) is 30.4 Å². The normalized spacial score (nSPS) is 21.6. The molecule has 0 radical (unpaired) electrons. The Morgan fingerprint density at radius 2 is 2.00 bits per heavy atom. The molecule has 160 valence electrons. The molecule has 1 fully saturated rings. The number of likely N-dealkylation sites (tertiary alicyclic amines) is 1. The quantitative estimate of drug-likeness (QED) is 0.578. The van der Waals surface area contributed by atoms with Crippen LogP contribution in [-0.2, 0) is 11.8 Å². The Hall–Kier alpha value is -2.83. The first-order chi connectivity index (χ1) is 15.1. The molecule has 2 atom stereocenters. The van der Waals surface area contributed by atoms with Crippen LogP contribution in [0.25, 0.3) is 0 Å². The highest BCUT2D eigenvalue weighted by Crippen LogP contribution is 2.35. The number of rotatable bonds is 5. The van der Waals surface area contributed by atoms with Crippen molar-refractivity contribution in [2.75, 3.05) is 13.1 Å². The number of carbonyl (C=O) groups excluding carboxylic acids is 1. The van der Waals surface area contributed by atoms with Gasteiger partial charge < -0.3 is 8.98 Å². The van der Waals surface area contributed by atoms with E-state index in [9.17, 15) is 4.79 Å². The molecule has 0 unspecified atom stereocenters. The zero-order chi connectivity index (χ0) is 21.4. The van der Waals surface area contributed by atoms with Crippen molar-refractivity contribution in [1.29, 1.82) is 0 Å². The first-order valence-corrected chi connectivity index (χ1v) is 11.0. The Balaban J connectivity index is 1.39. The number of carbonyl (C=O) groups is 1. The topological polar surface area (TPSA) is 54.0 Å². The molecule has 5 rings (SSSR count). The van der Waals surface area contributed by atoms with Crippen molar-refractivity contribution in [2.24, 2.45) is 12.1 Å². The summed E-state index contributed by atoms with van der Waals surface area (Å²) in [5.41, 5.74) is 3.09. The average Bonchev–Trinajstić information content (AvgIpc) is 3.55. The molecule has 7 heteroatoms. The minimum Gasteiger partial charge on any atom is -0.467 e. The lowest BCUT2D eigenvalue weighted by atomic mass is 10.0. The summed E-state index contributed by atoms with van der Waals surface area (Å²) in [5.74, 6) is 0.743. The van der Waals surface area contributed by atoms with E-state index in [1.165, 1.54) is 5.69 Å². The van der Waals surface area contributed by atoms with Crippen molar-refractivity contribution in [3.05, 3.63) is 83.0 Å². The van der Waals surface area contributed by atoms with Crippen LogP contribution in [0.5, 0.6) is 0 Å². The summed E-state index contributed by atoms with van der Waals surface area (Å²) < 4.78 is 7.81. The van der Waals surface area contributed by atoms with Crippen LogP contribution in [0.3, 0.4) is 0 Å². The monoisotopic (exact) mass is 436 g/mol. The number of benzene rings is 1. The fourth-order valence-electron chi connectivity index (χ4n) is 4.68. The van der Waals surface area contributed by atoms with Crippen molar-refractivity contribution in [3.63, 3.8) is 0 Å². The second kappa shape index (κ2) is 8.36. The summed E-state index contributed by atoms with van der Waals surface area (Å²) >= 11 is 6.04. The smallest absolute Gasteiger partial charge is 0.257 e. The van der Waals surface area contributed by atoms with Gasteiger partial charge in [0.1, 0.15) is 11.8 Å². The van der Waals surface area contributed by atoms with Gasteiger partial charge in [0.15, 0.2) is 0 Å². The van der Waals surface area contributed by atoms with E-state index in [0.717, 1.165) is 36.4 Å². The lowest BCUT2D eigenvalue weighted by molar-refractivity contribution is -0.134. The lowest BCUT2D eigenvalue weighted by Crippen LogP contribution is -2.38. The number of hydrogen-bond donors (Lipinski definition) is 0.